The van der Waals surface area contributed by atoms with E-state index in [0.717, 1.165) is 44.1 Å². The van der Waals surface area contributed by atoms with Gasteiger partial charge in [-0.25, -0.2) is 9.97 Å². The van der Waals surface area contributed by atoms with E-state index in [4.69, 9.17) is 9.47 Å². The fourth-order valence-corrected chi connectivity index (χ4v) is 2.80. The normalized spacial score (nSPS) is 14.6. The third-order valence-electron chi connectivity index (χ3n) is 4.33. The number of nitrogens with one attached hydrogen (secondary N) is 2. The number of hydrogen-bond acceptors (Lipinski definition) is 7. The van der Waals surface area contributed by atoms with Crippen molar-refractivity contribution in [3.05, 3.63) is 41.7 Å². The molecular weight excluding hydrogens is 346 g/mol. The predicted molar refractivity (Wildman–Crippen MR) is 103 cm³/mol. The highest BCUT2D eigenvalue weighted by atomic mass is 16.5. The number of ether oxygens (including phenoxy) is 2. The Kier molecular flexibility index (Phi) is 6.56. The van der Waals surface area contributed by atoms with Gasteiger partial charge in [0.1, 0.15) is 5.75 Å². The van der Waals surface area contributed by atoms with Crippen molar-refractivity contribution in [1.82, 2.24) is 20.2 Å². The van der Waals surface area contributed by atoms with Gasteiger partial charge in [0.25, 0.3) is 5.91 Å². The van der Waals surface area contributed by atoms with Gasteiger partial charge in [0.15, 0.2) is 0 Å². The Hall–Kier alpha value is -2.71. The summed E-state index contributed by atoms with van der Waals surface area (Å²) in [6, 6.07) is 5.80. The fourth-order valence-electron chi connectivity index (χ4n) is 2.80. The highest BCUT2D eigenvalue weighted by Crippen LogP contribution is 2.27. The second-order valence-corrected chi connectivity index (χ2v) is 6.33. The Balaban J connectivity index is 1.53. The van der Waals surface area contributed by atoms with Crippen LogP contribution in [-0.2, 0) is 4.74 Å². The van der Waals surface area contributed by atoms with Crippen molar-refractivity contribution in [2.45, 2.75) is 6.92 Å². The van der Waals surface area contributed by atoms with Gasteiger partial charge in [0, 0.05) is 38.6 Å². The van der Waals surface area contributed by atoms with Crippen molar-refractivity contribution in [2.24, 2.45) is 0 Å². The molecule has 1 aliphatic heterocycles. The van der Waals surface area contributed by atoms with Crippen molar-refractivity contribution in [3.63, 3.8) is 0 Å². The van der Waals surface area contributed by atoms with Crippen LogP contribution in [0.3, 0.4) is 0 Å². The highest BCUT2D eigenvalue weighted by Gasteiger charge is 2.12. The van der Waals surface area contributed by atoms with Gasteiger partial charge in [-0.05, 0) is 24.6 Å². The summed E-state index contributed by atoms with van der Waals surface area (Å²) in [5.74, 6) is 0.931. The lowest BCUT2D eigenvalue weighted by Gasteiger charge is -2.26. The van der Waals surface area contributed by atoms with Crippen LogP contribution in [0.2, 0.25) is 0 Å². The zero-order valence-corrected chi connectivity index (χ0v) is 15.7. The summed E-state index contributed by atoms with van der Waals surface area (Å²) >= 11 is 0. The molecule has 144 valence electrons. The summed E-state index contributed by atoms with van der Waals surface area (Å²) in [5.41, 5.74) is 2.30. The maximum atomic E-state index is 12.2. The largest absolute Gasteiger partial charge is 0.495 e. The van der Waals surface area contributed by atoms with Gasteiger partial charge < -0.3 is 20.1 Å². The first-order valence-corrected chi connectivity index (χ1v) is 8.98. The number of amides is 1. The molecule has 2 heterocycles. The number of anilines is 2. The summed E-state index contributed by atoms with van der Waals surface area (Å²) in [5, 5.41) is 6.02. The molecule has 1 amide bonds. The maximum Gasteiger partial charge on any atom is 0.254 e. The predicted octanol–water partition coefficient (Wildman–Crippen LogP) is 1.60. The quantitative estimate of drug-likeness (QED) is 0.764. The van der Waals surface area contributed by atoms with Gasteiger partial charge >= 0.3 is 0 Å². The number of aromatic nitrogens is 2. The van der Waals surface area contributed by atoms with Crippen molar-refractivity contribution in [3.8, 4) is 5.75 Å². The minimum absolute atomic E-state index is 0.178. The number of rotatable bonds is 7. The summed E-state index contributed by atoms with van der Waals surface area (Å²) in [6.07, 6.45) is 3.03. The van der Waals surface area contributed by atoms with Crippen LogP contribution in [0.25, 0.3) is 0 Å². The zero-order valence-electron chi connectivity index (χ0n) is 15.7. The third kappa shape index (κ3) is 5.38. The summed E-state index contributed by atoms with van der Waals surface area (Å²) in [6.45, 7) is 6.70. The van der Waals surface area contributed by atoms with Gasteiger partial charge in [-0.2, -0.15) is 0 Å². The van der Waals surface area contributed by atoms with Crippen LogP contribution in [0.5, 0.6) is 5.75 Å². The lowest BCUT2D eigenvalue weighted by Crippen LogP contribution is -2.41. The second-order valence-electron chi connectivity index (χ2n) is 6.33. The number of aryl methyl sites for hydroxylation is 1. The SMILES string of the molecule is COc1ccc(C)cc1Nc1ncc(C(=O)NCCN2CCOCC2)cn1. The van der Waals surface area contributed by atoms with Gasteiger partial charge in [-0.3, -0.25) is 9.69 Å². The molecule has 0 atom stereocenters. The van der Waals surface area contributed by atoms with Gasteiger partial charge in [0.05, 0.1) is 31.6 Å². The number of carbonyl (C=O) groups excluding carboxylic acids is 1. The maximum absolute atomic E-state index is 12.2. The molecule has 1 aromatic carbocycles. The van der Waals surface area contributed by atoms with Crippen LogP contribution in [-0.4, -0.2) is 67.3 Å². The van der Waals surface area contributed by atoms with Crippen LogP contribution < -0.4 is 15.4 Å². The van der Waals surface area contributed by atoms with Crippen molar-refractivity contribution in [1.29, 1.82) is 0 Å². The van der Waals surface area contributed by atoms with E-state index in [1.54, 1.807) is 7.11 Å². The van der Waals surface area contributed by atoms with E-state index >= 15 is 0 Å². The highest BCUT2D eigenvalue weighted by molar-refractivity contribution is 5.93. The van der Waals surface area contributed by atoms with Gasteiger partial charge in [-0.15, -0.1) is 0 Å². The number of methoxy groups -OCH3 is 1. The smallest absolute Gasteiger partial charge is 0.254 e. The number of carbonyl (C=O) groups is 1. The van der Waals surface area contributed by atoms with Crippen molar-refractivity contribution in [2.75, 3.05) is 51.8 Å². The zero-order chi connectivity index (χ0) is 19.1. The van der Waals surface area contributed by atoms with Crippen LogP contribution in [0.4, 0.5) is 11.6 Å². The molecule has 2 aromatic rings. The lowest BCUT2D eigenvalue weighted by atomic mass is 10.2. The van der Waals surface area contributed by atoms with Gasteiger partial charge in [0.2, 0.25) is 5.95 Å². The van der Waals surface area contributed by atoms with E-state index in [-0.39, 0.29) is 5.91 Å². The number of morpholine rings is 1. The van der Waals surface area contributed by atoms with Crippen molar-refractivity contribution < 1.29 is 14.3 Å². The van der Waals surface area contributed by atoms with E-state index in [1.807, 2.05) is 25.1 Å². The van der Waals surface area contributed by atoms with E-state index < -0.39 is 0 Å². The average molecular weight is 371 g/mol. The molecule has 0 spiro atoms. The molecular formula is C19H25N5O3. The summed E-state index contributed by atoms with van der Waals surface area (Å²) in [4.78, 5) is 23.0. The van der Waals surface area contributed by atoms with E-state index in [2.05, 4.69) is 25.5 Å². The molecule has 1 aromatic heterocycles. The molecule has 8 heteroatoms. The molecule has 1 fully saturated rings. The Morgan fingerprint density at radius 1 is 1.26 bits per heavy atom. The second kappa shape index (κ2) is 9.29. The molecule has 8 nitrogen and oxygen atoms in total. The Morgan fingerprint density at radius 3 is 2.70 bits per heavy atom. The lowest BCUT2D eigenvalue weighted by molar-refractivity contribution is 0.0383. The van der Waals surface area contributed by atoms with Crippen LogP contribution in [0.1, 0.15) is 15.9 Å². The molecule has 0 radical (unpaired) electrons. The van der Waals surface area contributed by atoms with Crippen LogP contribution in [0, 0.1) is 6.92 Å². The molecule has 1 aliphatic rings. The fraction of sp³-hybridized carbons (Fsp3) is 0.421. The standard InChI is InChI=1S/C19H25N5O3/c1-14-3-4-17(26-2)16(11-14)23-19-21-12-15(13-22-19)18(25)20-5-6-24-7-9-27-10-8-24/h3-4,11-13H,5-10H2,1-2H3,(H,20,25)(H,21,22,23). The summed E-state index contributed by atoms with van der Waals surface area (Å²) < 4.78 is 10.6. The first kappa shape index (κ1) is 19.1. The molecule has 0 aliphatic carbocycles. The van der Waals surface area contributed by atoms with E-state index in [9.17, 15) is 4.79 Å². The Labute approximate surface area is 158 Å². The third-order valence-corrected chi connectivity index (χ3v) is 4.33. The minimum atomic E-state index is -0.178. The molecule has 0 unspecified atom stereocenters. The Morgan fingerprint density at radius 2 is 2.00 bits per heavy atom. The van der Waals surface area contributed by atoms with Crippen LogP contribution in [0.15, 0.2) is 30.6 Å². The first-order valence-electron chi connectivity index (χ1n) is 8.98. The topological polar surface area (TPSA) is 88.6 Å². The Bertz CT molecular complexity index is 760. The minimum Gasteiger partial charge on any atom is -0.495 e. The van der Waals surface area contributed by atoms with E-state index in [0.29, 0.717) is 23.8 Å². The van der Waals surface area contributed by atoms with E-state index in [1.165, 1.54) is 12.4 Å². The molecule has 2 N–H and O–H groups in total. The molecule has 0 bridgehead atoms. The first-order chi connectivity index (χ1) is 13.2. The molecule has 27 heavy (non-hydrogen) atoms. The average Bonchev–Trinajstić information content (AvgIpc) is 2.69. The van der Waals surface area contributed by atoms with Crippen molar-refractivity contribution >= 4 is 17.5 Å². The number of nitrogens with zero attached hydrogens (tertiary/aromatic N) is 3. The number of hydrogen-bond donors (Lipinski definition) is 2. The molecule has 1 saturated heterocycles. The number of benzene rings is 1. The monoisotopic (exact) mass is 371 g/mol. The summed E-state index contributed by atoms with van der Waals surface area (Å²) in [7, 11) is 1.61. The van der Waals surface area contributed by atoms with Crippen LogP contribution >= 0.6 is 0 Å². The van der Waals surface area contributed by atoms with Gasteiger partial charge in [-0.1, -0.05) is 6.07 Å². The molecule has 3 rings (SSSR count). The molecule has 0 saturated carbocycles.